The van der Waals surface area contributed by atoms with Gasteiger partial charge in [-0.2, -0.15) is 0 Å². The molecule has 0 bridgehead atoms. The molecule has 1 aromatic carbocycles. The summed E-state index contributed by atoms with van der Waals surface area (Å²) in [4.78, 5) is 3.89. The van der Waals surface area contributed by atoms with Gasteiger partial charge in [0.1, 0.15) is 5.82 Å². The van der Waals surface area contributed by atoms with E-state index in [0.717, 1.165) is 5.56 Å². The summed E-state index contributed by atoms with van der Waals surface area (Å²) >= 11 is 9.16. The Balaban J connectivity index is 2.10. The number of pyridine rings is 1. The third-order valence-electron chi connectivity index (χ3n) is 2.26. The largest absolute Gasteiger partial charge is 0.379 e. The van der Waals surface area contributed by atoms with Gasteiger partial charge in [0, 0.05) is 23.4 Å². The number of hydrogen-bond donors (Lipinski definition) is 1. The molecular formula is C12H9BrClFN2. The Morgan fingerprint density at radius 2 is 2.18 bits per heavy atom. The molecule has 0 saturated carbocycles. The number of anilines is 1. The highest BCUT2D eigenvalue weighted by Crippen LogP contribution is 2.21. The summed E-state index contributed by atoms with van der Waals surface area (Å²) in [6, 6.07) is 6.66. The van der Waals surface area contributed by atoms with E-state index >= 15 is 0 Å². The van der Waals surface area contributed by atoms with Crippen molar-refractivity contribution in [3.05, 3.63) is 57.5 Å². The van der Waals surface area contributed by atoms with E-state index in [9.17, 15) is 4.39 Å². The number of nitrogens with one attached hydrogen (secondary N) is 1. The maximum atomic E-state index is 13.5. The summed E-state index contributed by atoms with van der Waals surface area (Å²) in [6.07, 6.45) is 3.22. The molecule has 5 heteroatoms. The van der Waals surface area contributed by atoms with Crippen LogP contribution in [0.4, 0.5) is 10.1 Å². The van der Waals surface area contributed by atoms with Crippen LogP contribution < -0.4 is 5.32 Å². The van der Waals surface area contributed by atoms with Gasteiger partial charge in [0.2, 0.25) is 0 Å². The second-order valence-corrected chi connectivity index (χ2v) is 4.77. The van der Waals surface area contributed by atoms with E-state index in [1.165, 1.54) is 6.07 Å². The molecule has 0 atom stereocenters. The van der Waals surface area contributed by atoms with Gasteiger partial charge in [0.15, 0.2) is 0 Å². The fourth-order valence-electron chi connectivity index (χ4n) is 1.37. The van der Waals surface area contributed by atoms with Crippen LogP contribution in [0.5, 0.6) is 0 Å². The minimum Gasteiger partial charge on any atom is -0.379 e. The minimum atomic E-state index is -0.301. The van der Waals surface area contributed by atoms with E-state index < -0.39 is 0 Å². The molecule has 1 aromatic heterocycles. The summed E-state index contributed by atoms with van der Waals surface area (Å²) in [7, 11) is 0. The van der Waals surface area contributed by atoms with Gasteiger partial charge in [-0.05, 0) is 29.8 Å². The van der Waals surface area contributed by atoms with Gasteiger partial charge in [-0.3, -0.25) is 4.98 Å². The van der Waals surface area contributed by atoms with E-state index in [4.69, 9.17) is 11.6 Å². The first kappa shape index (κ1) is 12.3. The Morgan fingerprint density at radius 1 is 1.35 bits per heavy atom. The van der Waals surface area contributed by atoms with Crippen LogP contribution in [0.25, 0.3) is 0 Å². The predicted molar refractivity (Wildman–Crippen MR) is 70.7 cm³/mol. The number of halogens is 3. The maximum Gasteiger partial charge on any atom is 0.147 e. The summed E-state index contributed by atoms with van der Waals surface area (Å²) in [5, 5.41) is 3.56. The monoisotopic (exact) mass is 314 g/mol. The predicted octanol–water partition coefficient (Wildman–Crippen LogP) is 4.25. The maximum absolute atomic E-state index is 13.5. The molecule has 2 nitrogen and oxygen atoms in total. The van der Waals surface area contributed by atoms with Crippen LogP contribution in [0.15, 0.2) is 41.1 Å². The van der Waals surface area contributed by atoms with Crippen molar-refractivity contribution in [2.75, 3.05) is 5.32 Å². The van der Waals surface area contributed by atoms with Crippen LogP contribution in [0, 0.1) is 5.82 Å². The van der Waals surface area contributed by atoms with Crippen LogP contribution in [-0.2, 0) is 6.54 Å². The van der Waals surface area contributed by atoms with Gasteiger partial charge in [-0.1, -0.05) is 27.5 Å². The van der Waals surface area contributed by atoms with Crippen molar-refractivity contribution >= 4 is 33.2 Å². The van der Waals surface area contributed by atoms with Crippen molar-refractivity contribution in [2.24, 2.45) is 0 Å². The van der Waals surface area contributed by atoms with Crippen molar-refractivity contribution in [2.45, 2.75) is 6.54 Å². The van der Waals surface area contributed by atoms with Crippen LogP contribution >= 0.6 is 27.5 Å². The van der Waals surface area contributed by atoms with Gasteiger partial charge >= 0.3 is 0 Å². The second-order valence-electron chi connectivity index (χ2n) is 3.44. The Hall–Kier alpha value is -1.13. The standard InChI is InChI=1S/C12H9BrClFN2/c13-9-1-2-12(11(15)5-9)17-6-8-3-4-16-7-10(8)14/h1-5,7,17H,6H2. The molecule has 0 unspecified atom stereocenters. The molecule has 0 aliphatic carbocycles. The second kappa shape index (κ2) is 5.47. The third-order valence-corrected chi connectivity index (χ3v) is 3.09. The first-order valence-corrected chi connectivity index (χ1v) is 6.11. The first-order chi connectivity index (χ1) is 8.16. The lowest BCUT2D eigenvalue weighted by atomic mass is 10.2. The van der Waals surface area contributed by atoms with E-state index in [-0.39, 0.29) is 5.82 Å². The highest BCUT2D eigenvalue weighted by molar-refractivity contribution is 9.10. The quantitative estimate of drug-likeness (QED) is 0.916. The average Bonchev–Trinajstić information content (AvgIpc) is 2.30. The lowest BCUT2D eigenvalue weighted by Crippen LogP contribution is -2.02. The molecule has 0 radical (unpaired) electrons. The molecule has 0 amide bonds. The van der Waals surface area contributed by atoms with Crippen molar-refractivity contribution in [3.63, 3.8) is 0 Å². The first-order valence-electron chi connectivity index (χ1n) is 4.94. The molecule has 2 aromatic rings. The van der Waals surface area contributed by atoms with Crippen LogP contribution in [0.1, 0.15) is 5.56 Å². The molecule has 0 spiro atoms. The molecule has 17 heavy (non-hydrogen) atoms. The number of nitrogens with zero attached hydrogens (tertiary/aromatic N) is 1. The van der Waals surface area contributed by atoms with Crippen molar-refractivity contribution < 1.29 is 4.39 Å². The lowest BCUT2D eigenvalue weighted by Gasteiger charge is -2.08. The van der Waals surface area contributed by atoms with E-state index in [1.807, 2.05) is 0 Å². The number of aromatic nitrogens is 1. The van der Waals surface area contributed by atoms with E-state index in [2.05, 4.69) is 26.2 Å². The summed E-state index contributed by atoms with van der Waals surface area (Å²) in [5.74, 6) is -0.301. The lowest BCUT2D eigenvalue weighted by molar-refractivity contribution is 0.629. The zero-order valence-corrected chi connectivity index (χ0v) is 11.1. The molecule has 0 aliphatic heterocycles. The van der Waals surface area contributed by atoms with Gasteiger partial charge in [-0.15, -0.1) is 0 Å². The topological polar surface area (TPSA) is 24.9 Å². The highest BCUT2D eigenvalue weighted by atomic mass is 79.9. The van der Waals surface area contributed by atoms with E-state index in [1.54, 1.807) is 30.6 Å². The van der Waals surface area contributed by atoms with Crippen molar-refractivity contribution in [3.8, 4) is 0 Å². The average molecular weight is 316 g/mol. The molecule has 0 fully saturated rings. The minimum absolute atomic E-state index is 0.301. The number of hydrogen-bond acceptors (Lipinski definition) is 2. The Labute approximate surface area is 112 Å². The highest BCUT2D eigenvalue weighted by Gasteiger charge is 2.04. The zero-order chi connectivity index (χ0) is 12.3. The fourth-order valence-corrected chi connectivity index (χ4v) is 1.89. The van der Waals surface area contributed by atoms with Gasteiger partial charge in [0.25, 0.3) is 0 Å². The summed E-state index contributed by atoms with van der Waals surface area (Å²) < 4.78 is 14.2. The smallest absolute Gasteiger partial charge is 0.147 e. The Morgan fingerprint density at radius 3 is 2.88 bits per heavy atom. The number of benzene rings is 1. The Bertz CT molecular complexity index is 534. The molecule has 1 N–H and O–H groups in total. The molecule has 2 rings (SSSR count). The molecular weight excluding hydrogens is 307 g/mol. The Kier molecular flexibility index (Phi) is 3.97. The van der Waals surface area contributed by atoms with E-state index in [0.29, 0.717) is 21.7 Å². The molecule has 0 saturated heterocycles. The van der Waals surface area contributed by atoms with Gasteiger partial charge < -0.3 is 5.32 Å². The van der Waals surface area contributed by atoms with Gasteiger partial charge in [-0.25, -0.2) is 4.39 Å². The SMILES string of the molecule is Fc1cc(Br)ccc1NCc1ccncc1Cl. The third kappa shape index (κ3) is 3.17. The molecule has 1 heterocycles. The van der Waals surface area contributed by atoms with Crippen LogP contribution in [-0.4, -0.2) is 4.98 Å². The van der Waals surface area contributed by atoms with Gasteiger partial charge in [0.05, 0.1) is 10.7 Å². The fraction of sp³-hybridized carbons (Fsp3) is 0.0833. The molecule has 88 valence electrons. The summed E-state index contributed by atoms with van der Waals surface area (Å²) in [5.41, 5.74) is 1.32. The van der Waals surface area contributed by atoms with Crippen molar-refractivity contribution in [1.82, 2.24) is 4.98 Å². The number of rotatable bonds is 3. The summed E-state index contributed by atoms with van der Waals surface area (Å²) in [6.45, 7) is 0.458. The van der Waals surface area contributed by atoms with Crippen LogP contribution in [0.3, 0.4) is 0 Å². The zero-order valence-electron chi connectivity index (χ0n) is 8.75. The van der Waals surface area contributed by atoms with Crippen LogP contribution in [0.2, 0.25) is 5.02 Å². The normalized spacial score (nSPS) is 10.3. The van der Waals surface area contributed by atoms with Crippen molar-refractivity contribution in [1.29, 1.82) is 0 Å². The molecule has 0 aliphatic rings.